The van der Waals surface area contributed by atoms with E-state index in [1.807, 2.05) is 51.2 Å². The molecular weight excluding hydrogens is 344 g/mol. The van der Waals surface area contributed by atoms with Gasteiger partial charge in [-0.2, -0.15) is 23.5 Å². The molecule has 0 saturated heterocycles. The first-order chi connectivity index (χ1) is 11.0. The van der Waals surface area contributed by atoms with Crippen LogP contribution < -0.4 is 0 Å². The summed E-state index contributed by atoms with van der Waals surface area (Å²) in [5.74, 6) is 2.89. The SMILES string of the molecule is CC(C)(CCSCCCCSCCC(C)(C)CC(=O)O)CC(=O)O. The zero-order valence-electron chi connectivity index (χ0n) is 15.6. The molecule has 0 atom stereocenters. The van der Waals surface area contributed by atoms with Crippen LogP contribution in [0.25, 0.3) is 0 Å². The first kappa shape index (κ1) is 23.6. The largest absolute Gasteiger partial charge is 0.481 e. The highest BCUT2D eigenvalue weighted by Gasteiger charge is 2.21. The van der Waals surface area contributed by atoms with E-state index < -0.39 is 11.9 Å². The summed E-state index contributed by atoms with van der Waals surface area (Å²) in [7, 11) is 0. The van der Waals surface area contributed by atoms with Crippen molar-refractivity contribution in [2.24, 2.45) is 10.8 Å². The van der Waals surface area contributed by atoms with Crippen molar-refractivity contribution < 1.29 is 19.8 Å². The van der Waals surface area contributed by atoms with E-state index in [4.69, 9.17) is 10.2 Å². The van der Waals surface area contributed by atoms with Crippen LogP contribution in [0.3, 0.4) is 0 Å². The monoisotopic (exact) mass is 378 g/mol. The van der Waals surface area contributed by atoms with Crippen molar-refractivity contribution in [1.82, 2.24) is 0 Å². The molecule has 0 spiro atoms. The number of aliphatic carboxylic acids is 2. The van der Waals surface area contributed by atoms with E-state index in [0.717, 1.165) is 35.9 Å². The van der Waals surface area contributed by atoms with Crippen molar-refractivity contribution in [2.75, 3.05) is 23.0 Å². The van der Waals surface area contributed by atoms with Gasteiger partial charge in [0, 0.05) is 0 Å². The van der Waals surface area contributed by atoms with Crippen LogP contribution in [-0.4, -0.2) is 45.2 Å². The topological polar surface area (TPSA) is 74.6 Å². The summed E-state index contributed by atoms with van der Waals surface area (Å²) in [6.07, 6.45) is 4.74. The molecule has 0 fully saturated rings. The van der Waals surface area contributed by atoms with Gasteiger partial charge >= 0.3 is 11.9 Å². The molecule has 0 heterocycles. The van der Waals surface area contributed by atoms with Crippen LogP contribution in [0.1, 0.15) is 66.2 Å². The van der Waals surface area contributed by atoms with Gasteiger partial charge in [0.15, 0.2) is 0 Å². The molecule has 24 heavy (non-hydrogen) atoms. The summed E-state index contributed by atoms with van der Waals surface area (Å²) < 4.78 is 0. The van der Waals surface area contributed by atoms with Crippen molar-refractivity contribution >= 4 is 35.5 Å². The van der Waals surface area contributed by atoms with Crippen molar-refractivity contribution in [2.45, 2.75) is 66.2 Å². The molecule has 6 heteroatoms. The molecule has 0 aromatic rings. The molecule has 0 aromatic heterocycles. The summed E-state index contributed by atoms with van der Waals surface area (Å²) in [5.41, 5.74) is -0.227. The third-order valence-corrected chi connectivity index (χ3v) is 6.07. The van der Waals surface area contributed by atoms with Gasteiger partial charge in [-0.1, -0.05) is 27.7 Å². The normalized spacial score (nSPS) is 12.3. The molecular formula is C18H34O4S2. The van der Waals surface area contributed by atoms with E-state index >= 15 is 0 Å². The molecule has 0 saturated carbocycles. The Balaban J connectivity index is 3.49. The minimum absolute atomic E-state index is 0.114. The lowest BCUT2D eigenvalue weighted by Crippen LogP contribution is -2.17. The minimum atomic E-state index is -0.714. The van der Waals surface area contributed by atoms with Gasteiger partial charge < -0.3 is 10.2 Å². The van der Waals surface area contributed by atoms with E-state index in [1.54, 1.807) is 0 Å². The molecule has 0 aliphatic carbocycles. The number of carboxylic acid groups (broad SMARTS) is 2. The average molecular weight is 379 g/mol. The average Bonchev–Trinajstić information content (AvgIpc) is 2.37. The van der Waals surface area contributed by atoms with Crippen LogP contribution in [0.2, 0.25) is 0 Å². The molecule has 0 bridgehead atoms. The Labute approximate surface area is 155 Å². The number of unbranched alkanes of at least 4 members (excludes halogenated alkanes) is 1. The molecule has 0 unspecified atom stereocenters. The zero-order valence-corrected chi connectivity index (χ0v) is 17.2. The quantitative estimate of drug-likeness (QED) is 0.390. The van der Waals surface area contributed by atoms with Crippen LogP contribution in [0.15, 0.2) is 0 Å². The van der Waals surface area contributed by atoms with Crippen LogP contribution >= 0.6 is 23.5 Å². The Morgan fingerprint density at radius 3 is 1.33 bits per heavy atom. The highest BCUT2D eigenvalue weighted by Crippen LogP contribution is 2.28. The number of carbonyl (C=O) groups is 2. The molecule has 4 nitrogen and oxygen atoms in total. The van der Waals surface area contributed by atoms with Crippen LogP contribution in [0.5, 0.6) is 0 Å². The second kappa shape index (κ2) is 12.1. The third kappa shape index (κ3) is 15.2. The van der Waals surface area contributed by atoms with Gasteiger partial charge in [-0.3, -0.25) is 9.59 Å². The predicted molar refractivity (Wildman–Crippen MR) is 105 cm³/mol. The second-order valence-corrected chi connectivity index (χ2v) is 10.4. The Kier molecular flexibility index (Phi) is 11.9. The molecule has 0 aromatic carbocycles. The van der Waals surface area contributed by atoms with Crippen LogP contribution in [0.4, 0.5) is 0 Å². The molecule has 0 aliphatic rings. The standard InChI is InChI=1S/C18H34O4S2/c1-17(2,13-15(19)20)7-11-23-9-5-6-10-24-12-8-18(3,4)14-16(21)22/h5-14H2,1-4H3,(H,19,20)(H,21,22). The fourth-order valence-corrected chi connectivity index (χ4v) is 4.92. The van der Waals surface area contributed by atoms with Crippen molar-refractivity contribution in [3.8, 4) is 0 Å². The summed E-state index contributed by atoms with van der Waals surface area (Å²) in [4.78, 5) is 21.5. The zero-order chi connectivity index (χ0) is 18.6. The Hall–Kier alpha value is -0.360. The predicted octanol–water partition coefficient (Wildman–Crippen LogP) is 5.02. The molecule has 0 radical (unpaired) electrons. The molecule has 0 aliphatic heterocycles. The Morgan fingerprint density at radius 1 is 0.708 bits per heavy atom. The first-order valence-electron chi connectivity index (χ1n) is 8.63. The van der Waals surface area contributed by atoms with E-state index in [9.17, 15) is 9.59 Å². The maximum Gasteiger partial charge on any atom is 0.303 e. The van der Waals surface area contributed by atoms with Gasteiger partial charge in [-0.15, -0.1) is 0 Å². The lowest BCUT2D eigenvalue weighted by atomic mass is 9.87. The fraction of sp³-hybridized carbons (Fsp3) is 0.889. The summed E-state index contributed by atoms with van der Waals surface area (Å²) >= 11 is 3.83. The second-order valence-electron chi connectivity index (χ2n) is 7.90. The van der Waals surface area contributed by atoms with Gasteiger partial charge in [-0.05, 0) is 59.5 Å². The number of hydrogen-bond donors (Lipinski definition) is 2. The van der Waals surface area contributed by atoms with Gasteiger partial charge in [-0.25, -0.2) is 0 Å². The third-order valence-electron chi connectivity index (χ3n) is 3.93. The smallest absolute Gasteiger partial charge is 0.303 e. The highest BCUT2D eigenvalue weighted by atomic mass is 32.2. The van der Waals surface area contributed by atoms with Gasteiger partial charge in [0.05, 0.1) is 12.8 Å². The minimum Gasteiger partial charge on any atom is -0.481 e. The summed E-state index contributed by atoms with van der Waals surface area (Å²) in [5, 5.41) is 17.7. The number of carboxylic acids is 2. The van der Waals surface area contributed by atoms with Gasteiger partial charge in [0.1, 0.15) is 0 Å². The van der Waals surface area contributed by atoms with E-state index in [2.05, 4.69) is 0 Å². The molecule has 0 rings (SSSR count). The lowest BCUT2D eigenvalue weighted by Gasteiger charge is -2.22. The lowest BCUT2D eigenvalue weighted by molar-refractivity contribution is -0.140. The van der Waals surface area contributed by atoms with E-state index in [-0.39, 0.29) is 23.7 Å². The fourth-order valence-electron chi connectivity index (χ4n) is 2.30. The van der Waals surface area contributed by atoms with Crippen LogP contribution in [-0.2, 0) is 9.59 Å². The number of thioether (sulfide) groups is 2. The van der Waals surface area contributed by atoms with Crippen LogP contribution in [0, 0.1) is 10.8 Å². The maximum absolute atomic E-state index is 10.8. The molecule has 142 valence electrons. The van der Waals surface area contributed by atoms with Crippen molar-refractivity contribution in [3.63, 3.8) is 0 Å². The van der Waals surface area contributed by atoms with Crippen molar-refractivity contribution in [1.29, 1.82) is 0 Å². The number of hydrogen-bond acceptors (Lipinski definition) is 4. The summed E-state index contributed by atoms with van der Waals surface area (Å²) in [6, 6.07) is 0. The van der Waals surface area contributed by atoms with E-state index in [0.29, 0.717) is 0 Å². The van der Waals surface area contributed by atoms with Gasteiger partial charge in [0.25, 0.3) is 0 Å². The van der Waals surface area contributed by atoms with E-state index in [1.165, 1.54) is 12.8 Å². The maximum atomic E-state index is 10.8. The van der Waals surface area contributed by atoms with Crippen molar-refractivity contribution in [3.05, 3.63) is 0 Å². The molecule has 2 N–H and O–H groups in total. The molecule has 0 amide bonds. The first-order valence-corrected chi connectivity index (χ1v) is 10.9. The Bertz CT molecular complexity index is 345. The number of rotatable bonds is 15. The Morgan fingerprint density at radius 2 is 1.04 bits per heavy atom. The van der Waals surface area contributed by atoms with Gasteiger partial charge in [0.2, 0.25) is 0 Å². The summed E-state index contributed by atoms with van der Waals surface area (Å²) in [6.45, 7) is 8.07. The highest BCUT2D eigenvalue weighted by molar-refractivity contribution is 7.99.